The van der Waals surface area contributed by atoms with Crippen molar-refractivity contribution in [3.05, 3.63) is 74.2 Å². The second-order valence-corrected chi connectivity index (χ2v) is 11.8. The number of hydrogen-bond donors (Lipinski definition) is 2. The highest BCUT2D eigenvalue weighted by molar-refractivity contribution is 7.54. The van der Waals surface area contributed by atoms with E-state index in [0.29, 0.717) is 26.0 Å². The fourth-order valence-corrected chi connectivity index (χ4v) is 6.19. The molecule has 0 saturated carbocycles. The van der Waals surface area contributed by atoms with Crippen molar-refractivity contribution in [3.63, 3.8) is 0 Å². The van der Waals surface area contributed by atoms with E-state index < -0.39 is 38.2 Å². The summed E-state index contributed by atoms with van der Waals surface area (Å²) >= 11 is 19.4. The number of benzene rings is 2. The molecule has 0 bridgehead atoms. The van der Waals surface area contributed by atoms with Crippen LogP contribution in [0, 0.1) is 0 Å². The van der Waals surface area contributed by atoms with Crippen molar-refractivity contribution in [3.8, 4) is 0 Å². The smallest absolute Gasteiger partial charge is 0.432 e. The Balaban J connectivity index is 1.87. The Hall–Kier alpha value is -2.10. The molecule has 0 aliphatic rings. The van der Waals surface area contributed by atoms with Crippen molar-refractivity contribution in [1.29, 1.82) is 0 Å². The number of thiophene rings is 1. The second-order valence-electron chi connectivity index (χ2n) is 7.65. The van der Waals surface area contributed by atoms with E-state index in [1.807, 2.05) is 0 Å². The highest BCUT2D eigenvalue weighted by Gasteiger charge is 2.41. The number of carbonyl (C=O) groups excluding carboxylic acids is 2. The first-order chi connectivity index (χ1) is 17.0. The zero-order valence-corrected chi connectivity index (χ0v) is 22.9. The Morgan fingerprint density at radius 1 is 1.11 bits per heavy atom. The third-order valence-electron chi connectivity index (χ3n) is 4.57. The fraction of sp³-hybridized carbons (Fsp3) is 0.217. The van der Waals surface area contributed by atoms with E-state index in [4.69, 9.17) is 48.8 Å². The van der Waals surface area contributed by atoms with Crippen LogP contribution in [0.25, 0.3) is 16.2 Å². The first-order valence-electron chi connectivity index (χ1n) is 10.4. The molecule has 3 aromatic rings. The lowest BCUT2D eigenvalue weighted by molar-refractivity contribution is -0.120. The number of rotatable bonds is 9. The molecule has 2 aromatic carbocycles. The summed E-state index contributed by atoms with van der Waals surface area (Å²) in [6.07, 6.45) is 1.26. The van der Waals surface area contributed by atoms with Gasteiger partial charge in [-0.25, -0.2) is 4.79 Å². The third kappa shape index (κ3) is 7.70. The lowest BCUT2D eigenvalue weighted by atomic mass is 10.1. The molecule has 1 aromatic heterocycles. The summed E-state index contributed by atoms with van der Waals surface area (Å²) in [6.45, 7) is 2.32. The number of fused-ring (bicyclic) bond motifs is 1. The zero-order valence-electron chi connectivity index (χ0n) is 18.9. The molecule has 1 amide bonds. The molecule has 36 heavy (non-hydrogen) atoms. The standard InChI is InChI=1S/C23H21Cl3NO7PS/c1-13(2)34-23(29)32-12-33-35(30,31)21(19-11-36-20-4-3-15(24)10-18(19)20)22(28)27-6-5-14-7-16(25)9-17(26)8-14/h3-11,13,21H,12H2,1-2H3,(H,27,28)(H,30,31)/b6-5+. The predicted molar refractivity (Wildman–Crippen MR) is 142 cm³/mol. The molecule has 2 atom stereocenters. The molecule has 3 rings (SSSR count). The SMILES string of the molecule is CC(C)OC(=O)OCOP(=O)(O)C(C(=O)N/C=C/c1cc(Cl)cc(Cl)c1)c1csc2ccc(Cl)cc12. The van der Waals surface area contributed by atoms with Crippen LogP contribution in [0.1, 0.15) is 30.6 Å². The molecule has 2 unspecified atom stereocenters. The summed E-state index contributed by atoms with van der Waals surface area (Å²) in [5, 5.41) is 5.76. The van der Waals surface area contributed by atoms with Gasteiger partial charge in [-0.15, -0.1) is 11.3 Å². The van der Waals surface area contributed by atoms with E-state index in [9.17, 15) is 19.0 Å². The molecule has 13 heteroatoms. The van der Waals surface area contributed by atoms with Crippen molar-refractivity contribution >= 4 is 82.0 Å². The molecule has 0 radical (unpaired) electrons. The van der Waals surface area contributed by atoms with Gasteiger partial charge in [0.2, 0.25) is 12.7 Å². The van der Waals surface area contributed by atoms with Gasteiger partial charge in [-0.3, -0.25) is 13.9 Å². The van der Waals surface area contributed by atoms with Gasteiger partial charge >= 0.3 is 13.8 Å². The van der Waals surface area contributed by atoms with Crippen molar-refractivity contribution < 1.29 is 33.0 Å². The fourth-order valence-electron chi connectivity index (χ4n) is 3.12. The molecule has 0 spiro atoms. The summed E-state index contributed by atoms with van der Waals surface area (Å²) in [4.78, 5) is 35.6. The van der Waals surface area contributed by atoms with Gasteiger partial charge in [0.05, 0.1) is 6.10 Å². The maximum absolute atomic E-state index is 13.3. The summed E-state index contributed by atoms with van der Waals surface area (Å²) in [5.74, 6) is -0.838. The van der Waals surface area contributed by atoms with Gasteiger partial charge in [-0.1, -0.05) is 34.8 Å². The lowest BCUT2D eigenvalue weighted by Crippen LogP contribution is -2.26. The Labute approximate surface area is 226 Å². The maximum Gasteiger partial charge on any atom is 0.510 e. The van der Waals surface area contributed by atoms with Crippen LogP contribution in [-0.4, -0.2) is 29.9 Å². The van der Waals surface area contributed by atoms with Crippen molar-refractivity contribution in [2.45, 2.75) is 25.6 Å². The highest BCUT2D eigenvalue weighted by atomic mass is 35.5. The van der Waals surface area contributed by atoms with E-state index in [-0.39, 0.29) is 5.56 Å². The van der Waals surface area contributed by atoms with Crippen LogP contribution in [0.2, 0.25) is 15.1 Å². The molecule has 192 valence electrons. The average Bonchev–Trinajstić information content (AvgIpc) is 3.14. The number of ether oxygens (including phenoxy) is 2. The van der Waals surface area contributed by atoms with E-state index in [1.165, 1.54) is 23.6 Å². The van der Waals surface area contributed by atoms with Gasteiger partial charge in [0.25, 0.3) is 0 Å². The van der Waals surface area contributed by atoms with Gasteiger partial charge in [-0.2, -0.15) is 0 Å². The Bertz CT molecular complexity index is 1320. The molecular weight excluding hydrogens is 572 g/mol. The minimum atomic E-state index is -4.74. The molecule has 2 N–H and O–H groups in total. The molecule has 0 aliphatic carbocycles. The second kappa shape index (κ2) is 12.4. The third-order valence-corrected chi connectivity index (χ3v) is 7.86. The first-order valence-corrected chi connectivity index (χ1v) is 14.0. The van der Waals surface area contributed by atoms with E-state index in [1.54, 1.807) is 55.6 Å². The van der Waals surface area contributed by atoms with Gasteiger partial charge in [-0.05, 0) is 78.2 Å². The van der Waals surface area contributed by atoms with Gasteiger partial charge in [0.15, 0.2) is 5.66 Å². The van der Waals surface area contributed by atoms with Crippen LogP contribution >= 0.6 is 53.7 Å². The summed E-state index contributed by atoms with van der Waals surface area (Å²) in [6, 6.07) is 9.79. The quantitative estimate of drug-likeness (QED) is 0.151. The van der Waals surface area contributed by atoms with Crippen molar-refractivity contribution in [2.24, 2.45) is 0 Å². The van der Waals surface area contributed by atoms with Crippen molar-refractivity contribution in [2.75, 3.05) is 6.79 Å². The highest BCUT2D eigenvalue weighted by Crippen LogP contribution is 2.58. The largest absolute Gasteiger partial charge is 0.510 e. The van der Waals surface area contributed by atoms with E-state index in [0.717, 1.165) is 4.70 Å². The Morgan fingerprint density at radius 3 is 2.47 bits per heavy atom. The van der Waals surface area contributed by atoms with Crippen LogP contribution in [0.5, 0.6) is 0 Å². The summed E-state index contributed by atoms with van der Waals surface area (Å²) < 4.78 is 28.5. The molecule has 0 fully saturated rings. The first kappa shape index (κ1) is 28.5. The topological polar surface area (TPSA) is 111 Å². The van der Waals surface area contributed by atoms with Gasteiger partial charge in [0, 0.05) is 26.0 Å². The van der Waals surface area contributed by atoms with Gasteiger partial charge < -0.3 is 19.7 Å². The Morgan fingerprint density at radius 2 is 1.81 bits per heavy atom. The van der Waals surface area contributed by atoms with Crippen LogP contribution in [0.4, 0.5) is 4.79 Å². The van der Waals surface area contributed by atoms with Crippen LogP contribution in [0.3, 0.4) is 0 Å². The number of halogens is 3. The summed E-state index contributed by atoms with van der Waals surface area (Å²) in [5.41, 5.74) is -0.843. The average molecular weight is 593 g/mol. The molecule has 8 nitrogen and oxygen atoms in total. The minimum absolute atomic E-state index is 0.227. The summed E-state index contributed by atoms with van der Waals surface area (Å²) in [7, 11) is -4.74. The molecule has 0 saturated heterocycles. The number of nitrogens with one attached hydrogen (secondary N) is 1. The van der Waals surface area contributed by atoms with E-state index >= 15 is 0 Å². The number of hydrogen-bond acceptors (Lipinski definition) is 7. The van der Waals surface area contributed by atoms with Crippen LogP contribution < -0.4 is 5.32 Å². The number of amides is 1. The van der Waals surface area contributed by atoms with E-state index in [2.05, 4.69) is 5.32 Å². The molecular formula is C23H21Cl3NO7PS. The van der Waals surface area contributed by atoms with Crippen LogP contribution in [-0.2, 0) is 23.4 Å². The lowest BCUT2D eigenvalue weighted by Gasteiger charge is -2.21. The molecule has 1 heterocycles. The van der Waals surface area contributed by atoms with Crippen LogP contribution in [0.15, 0.2) is 48.0 Å². The normalized spacial score (nSPS) is 14.1. The minimum Gasteiger partial charge on any atom is -0.432 e. The van der Waals surface area contributed by atoms with Crippen molar-refractivity contribution in [1.82, 2.24) is 5.32 Å². The zero-order chi connectivity index (χ0) is 26.5. The predicted octanol–water partition coefficient (Wildman–Crippen LogP) is 7.41. The monoisotopic (exact) mass is 591 g/mol. The molecule has 0 aliphatic heterocycles. The Kier molecular flexibility index (Phi) is 9.83. The maximum atomic E-state index is 13.3. The number of carbonyl (C=O) groups is 2. The van der Waals surface area contributed by atoms with Gasteiger partial charge in [0.1, 0.15) is 0 Å².